The van der Waals surface area contributed by atoms with Crippen LogP contribution in [-0.2, 0) is 9.84 Å². The molecule has 0 saturated carbocycles. The minimum atomic E-state index is -3.18. The van der Waals surface area contributed by atoms with Crippen molar-refractivity contribution in [1.82, 2.24) is 14.5 Å². The zero-order valence-corrected chi connectivity index (χ0v) is 13.7. The van der Waals surface area contributed by atoms with Gasteiger partial charge in [0.25, 0.3) is 0 Å². The number of aromatic nitrogens is 3. The van der Waals surface area contributed by atoms with Crippen LogP contribution in [0.2, 0.25) is 0 Å². The fraction of sp³-hybridized carbons (Fsp3) is 0.176. The predicted molar refractivity (Wildman–Crippen MR) is 88.8 cm³/mol. The molecule has 3 aromatic rings. The molecule has 5 nitrogen and oxygen atoms in total. The van der Waals surface area contributed by atoms with E-state index >= 15 is 0 Å². The highest BCUT2D eigenvalue weighted by Crippen LogP contribution is 2.25. The minimum Gasteiger partial charge on any atom is -0.324 e. The quantitative estimate of drug-likeness (QED) is 0.739. The summed E-state index contributed by atoms with van der Waals surface area (Å²) in [6.07, 6.45) is 8.37. The largest absolute Gasteiger partial charge is 0.324 e. The molecule has 0 fully saturated rings. The molecule has 0 aliphatic carbocycles. The smallest absolute Gasteiger partial charge is 0.175 e. The van der Waals surface area contributed by atoms with Crippen LogP contribution in [0, 0.1) is 0 Å². The van der Waals surface area contributed by atoms with Crippen LogP contribution in [0.4, 0.5) is 0 Å². The van der Waals surface area contributed by atoms with Crippen LogP contribution in [0.1, 0.15) is 18.5 Å². The highest BCUT2D eigenvalue weighted by molar-refractivity contribution is 7.90. The molecule has 0 N–H and O–H groups in total. The standard InChI is InChI=1S/C17H17N3O2S/c1-13(14-3-5-16(6-4-14)23(2,21)22)20-12-11-19-17(20)15-7-9-18-10-8-15/h3-13H,1-2H3/t13-/m0/s1. The average Bonchev–Trinajstić information content (AvgIpc) is 3.04. The molecule has 118 valence electrons. The van der Waals surface area contributed by atoms with Crippen LogP contribution in [0.15, 0.2) is 66.1 Å². The van der Waals surface area contributed by atoms with Crippen LogP contribution < -0.4 is 0 Å². The molecule has 2 heterocycles. The number of sulfone groups is 1. The molecular weight excluding hydrogens is 310 g/mol. The summed E-state index contributed by atoms with van der Waals surface area (Å²) in [6, 6.07) is 10.8. The Morgan fingerprint density at radius 1 is 1.00 bits per heavy atom. The van der Waals surface area contributed by atoms with Crippen molar-refractivity contribution in [1.29, 1.82) is 0 Å². The van der Waals surface area contributed by atoms with Gasteiger partial charge >= 0.3 is 0 Å². The summed E-state index contributed by atoms with van der Waals surface area (Å²) in [6.45, 7) is 2.06. The third-order valence-electron chi connectivity index (χ3n) is 3.82. The van der Waals surface area contributed by atoms with Crippen LogP contribution >= 0.6 is 0 Å². The first-order chi connectivity index (χ1) is 11.0. The number of imidazole rings is 1. The van der Waals surface area contributed by atoms with Gasteiger partial charge in [-0.3, -0.25) is 4.98 Å². The van der Waals surface area contributed by atoms with Gasteiger partial charge in [-0.25, -0.2) is 13.4 Å². The Bertz CT molecular complexity index is 901. The van der Waals surface area contributed by atoms with E-state index in [2.05, 4.69) is 21.5 Å². The molecule has 23 heavy (non-hydrogen) atoms. The van der Waals surface area contributed by atoms with Crippen LogP contribution in [0.25, 0.3) is 11.4 Å². The van der Waals surface area contributed by atoms with Crippen LogP contribution in [0.5, 0.6) is 0 Å². The fourth-order valence-corrected chi connectivity index (χ4v) is 3.13. The summed E-state index contributed by atoms with van der Waals surface area (Å²) in [5.74, 6) is 0.854. The molecule has 1 atom stereocenters. The molecular formula is C17H17N3O2S. The van der Waals surface area contributed by atoms with Crippen LogP contribution in [-0.4, -0.2) is 29.2 Å². The molecule has 0 unspecified atom stereocenters. The van der Waals surface area contributed by atoms with E-state index in [1.807, 2.05) is 30.5 Å². The van der Waals surface area contributed by atoms with Gasteiger partial charge < -0.3 is 4.57 Å². The lowest BCUT2D eigenvalue weighted by Gasteiger charge is -2.17. The second-order valence-electron chi connectivity index (χ2n) is 5.41. The molecule has 0 spiro atoms. The van der Waals surface area contributed by atoms with Gasteiger partial charge in [-0.1, -0.05) is 12.1 Å². The van der Waals surface area contributed by atoms with Crippen molar-refractivity contribution in [3.63, 3.8) is 0 Å². The highest BCUT2D eigenvalue weighted by atomic mass is 32.2. The molecule has 0 aliphatic heterocycles. The molecule has 2 aromatic heterocycles. The monoisotopic (exact) mass is 327 g/mol. The van der Waals surface area contributed by atoms with E-state index in [1.165, 1.54) is 6.26 Å². The van der Waals surface area contributed by atoms with Crippen molar-refractivity contribution in [2.45, 2.75) is 17.9 Å². The van der Waals surface area contributed by atoms with Gasteiger partial charge in [-0.15, -0.1) is 0 Å². The minimum absolute atomic E-state index is 0.0364. The predicted octanol–water partition coefficient (Wildman–Crippen LogP) is 2.96. The van der Waals surface area contributed by atoms with E-state index in [1.54, 1.807) is 30.7 Å². The fourth-order valence-electron chi connectivity index (χ4n) is 2.50. The Balaban J connectivity index is 1.96. The van der Waals surface area contributed by atoms with Gasteiger partial charge in [-0.2, -0.15) is 0 Å². The van der Waals surface area contributed by atoms with Crippen molar-refractivity contribution in [2.75, 3.05) is 6.26 Å². The zero-order chi connectivity index (χ0) is 16.4. The van der Waals surface area contributed by atoms with Gasteiger partial charge in [0.15, 0.2) is 9.84 Å². The Labute approximate surface area is 135 Å². The Kier molecular flexibility index (Phi) is 4.00. The van der Waals surface area contributed by atoms with E-state index in [9.17, 15) is 8.42 Å². The van der Waals surface area contributed by atoms with Gasteiger partial charge in [0.05, 0.1) is 10.9 Å². The van der Waals surface area contributed by atoms with E-state index in [0.717, 1.165) is 17.0 Å². The van der Waals surface area contributed by atoms with E-state index in [4.69, 9.17) is 0 Å². The second kappa shape index (κ2) is 5.96. The lowest BCUT2D eigenvalue weighted by molar-refractivity contribution is 0.601. The molecule has 0 aliphatic rings. The van der Waals surface area contributed by atoms with Crippen LogP contribution in [0.3, 0.4) is 0 Å². The maximum atomic E-state index is 11.6. The molecule has 0 bridgehead atoms. The Morgan fingerprint density at radius 2 is 1.65 bits per heavy atom. The van der Waals surface area contributed by atoms with Gasteiger partial charge in [0.2, 0.25) is 0 Å². The van der Waals surface area contributed by atoms with E-state index in [0.29, 0.717) is 4.90 Å². The van der Waals surface area contributed by atoms with E-state index < -0.39 is 9.84 Å². The molecule has 0 radical (unpaired) electrons. The Morgan fingerprint density at radius 3 is 2.26 bits per heavy atom. The van der Waals surface area contributed by atoms with Crippen molar-refractivity contribution in [3.05, 3.63) is 66.7 Å². The van der Waals surface area contributed by atoms with Gasteiger partial charge in [0, 0.05) is 36.6 Å². The second-order valence-corrected chi connectivity index (χ2v) is 7.43. The normalized spacial score (nSPS) is 13.0. The first kappa shape index (κ1) is 15.4. The molecule has 1 aromatic carbocycles. The third kappa shape index (κ3) is 3.17. The van der Waals surface area contributed by atoms with Crippen molar-refractivity contribution in [2.24, 2.45) is 0 Å². The number of hydrogen-bond donors (Lipinski definition) is 0. The van der Waals surface area contributed by atoms with Gasteiger partial charge in [-0.05, 0) is 36.8 Å². The van der Waals surface area contributed by atoms with Gasteiger partial charge in [0.1, 0.15) is 5.82 Å². The maximum Gasteiger partial charge on any atom is 0.175 e. The third-order valence-corrected chi connectivity index (χ3v) is 4.94. The number of benzene rings is 1. The Hall–Kier alpha value is -2.47. The van der Waals surface area contributed by atoms with E-state index in [-0.39, 0.29) is 6.04 Å². The first-order valence-electron chi connectivity index (χ1n) is 7.20. The number of hydrogen-bond acceptors (Lipinski definition) is 4. The SMILES string of the molecule is C[C@@H](c1ccc(S(C)(=O)=O)cc1)n1ccnc1-c1ccncc1. The summed E-state index contributed by atoms with van der Waals surface area (Å²) in [7, 11) is -3.18. The summed E-state index contributed by atoms with van der Waals surface area (Å²) >= 11 is 0. The summed E-state index contributed by atoms with van der Waals surface area (Å²) in [4.78, 5) is 8.78. The van der Waals surface area contributed by atoms with Crippen molar-refractivity contribution in [3.8, 4) is 11.4 Å². The lowest BCUT2D eigenvalue weighted by atomic mass is 10.1. The number of rotatable bonds is 4. The summed E-state index contributed by atoms with van der Waals surface area (Å²) in [5, 5.41) is 0. The topological polar surface area (TPSA) is 64.8 Å². The number of nitrogens with zero attached hydrogens (tertiary/aromatic N) is 3. The highest BCUT2D eigenvalue weighted by Gasteiger charge is 2.14. The molecule has 0 amide bonds. The van der Waals surface area contributed by atoms with Crippen molar-refractivity contribution < 1.29 is 8.42 Å². The average molecular weight is 327 g/mol. The summed E-state index contributed by atoms with van der Waals surface area (Å²) in [5.41, 5.74) is 2.01. The molecule has 0 saturated heterocycles. The first-order valence-corrected chi connectivity index (χ1v) is 9.09. The van der Waals surface area contributed by atoms with Crippen molar-refractivity contribution >= 4 is 9.84 Å². The number of pyridine rings is 1. The zero-order valence-electron chi connectivity index (χ0n) is 12.9. The maximum absolute atomic E-state index is 11.6. The summed E-state index contributed by atoms with van der Waals surface area (Å²) < 4.78 is 25.2. The lowest BCUT2D eigenvalue weighted by Crippen LogP contribution is -2.08. The molecule has 6 heteroatoms. The molecule has 3 rings (SSSR count).